The van der Waals surface area contributed by atoms with Gasteiger partial charge in [0.05, 0.1) is 6.54 Å². The molecule has 4 rings (SSSR count). The molecule has 0 spiro atoms. The molecule has 0 saturated heterocycles. The Morgan fingerprint density at radius 2 is 1.74 bits per heavy atom. The van der Waals surface area contributed by atoms with Crippen LogP contribution in [0.3, 0.4) is 0 Å². The molecule has 160 valence electrons. The standard InChI is InChI=1S/C26H28N2O3/c1-27(2)19-26(13-14-26)22-10-8-21(9-11-22)24(29)17-28-15-12-23(16-25(28)30)31-18-20-6-4-3-5-7-20/h3-12,15-16H,13-14,17-19H2,1-2H3. The van der Waals surface area contributed by atoms with Gasteiger partial charge in [0.25, 0.3) is 5.56 Å². The Morgan fingerprint density at radius 1 is 1.03 bits per heavy atom. The third-order valence-corrected chi connectivity index (χ3v) is 5.82. The van der Waals surface area contributed by atoms with Crippen LogP contribution in [0.2, 0.25) is 0 Å². The summed E-state index contributed by atoms with van der Waals surface area (Å²) >= 11 is 0. The molecule has 1 fully saturated rings. The molecule has 5 nitrogen and oxygen atoms in total. The van der Waals surface area contributed by atoms with Crippen molar-refractivity contribution in [1.82, 2.24) is 9.47 Å². The minimum absolute atomic E-state index is 0.0139. The van der Waals surface area contributed by atoms with Crippen LogP contribution in [-0.2, 0) is 18.6 Å². The van der Waals surface area contributed by atoms with Crippen molar-refractivity contribution in [2.45, 2.75) is 31.4 Å². The van der Waals surface area contributed by atoms with E-state index in [1.807, 2.05) is 42.5 Å². The van der Waals surface area contributed by atoms with Gasteiger partial charge in [0, 0.05) is 29.8 Å². The zero-order valence-corrected chi connectivity index (χ0v) is 18.1. The molecular weight excluding hydrogens is 388 g/mol. The van der Waals surface area contributed by atoms with Crippen LogP contribution in [0.5, 0.6) is 5.75 Å². The predicted molar refractivity (Wildman–Crippen MR) is 122 cm³/mol. The summed E-state index contributed by atoms with van der Waals surface area (Å²) in [5.74, 6) is 0.418. The monoisotopic (exact) mass is 416 g/mol. The van der Waals surface area contributed by atoms with Gasteiger partial charge in [-0.05, 0) is 44.1 Å². The summed E-state index contributed by atoms with van der Waals surface area (Å²) in [7, 11) is 4.18. The lowest BCUT2D eigenvalue weighted by molar-refractivity contribution is 0.0970. The number of nitrogens with zero attached hydrogens (tertiary/aromatic N) is 2. The third-order valence-electron chi connectivity index (χ3n) is 5.82. The SMILES string of the molecule is CN(C)CC1(c2ccc(C(=O)Cn3ccc(OCc4ccccc4)cc3=O)cc2)CC1. The van der Waals surface area contributed by atoms with Gasteiger partial charge in [-0.3, -0.25) is 9.59 Å². The van der Waals surface area contributed by atoms with Gasteiger partial charge >= 0.3 is 0 Å². The molecule has 1 aliphatic rings. The minimum Gasteiger partial charge on any atom is -0.489 e. The number of carbonyl (C=O) groups excluding carboxylic acids is 1. The fourth-order valence-corrected chi connectivity index (χ4v) is 4.00. The number of hydrogen-bond acceptors (Lipinski definition) is 4. The first-order chi connectivity index (χ1) is 14.9. The van der Waals surface area contributed by atoms with Gasteiger partial charge in [-0.15, -0.1) is 0 Å². The number of rotatable bonds is 9. The van der Waals surface area contributed by atoms with Crippen molar-refractivity contribution in [2.24, 2.45) is 0 Å². The minimum atomic E-state index is -0.251. The molecule has 2 aromatic carbocycles. The van der Waals surface area contributed by atoms with Gasteiger partial charge in [-0.1, -0.05) is 54.6 Å². The molecule has 1 saturated carbocycles. The van der Waals surface area contributed by atoms with Gasteiger partial charge in [0.2, 0.25) is 0 Å². The van der Waals surface area contributed by atoms with Crippen LogP contribution >= 0.6 is 0 Å². The molecule has 0 radical (unpaired) electrons. The second-order valence-corrected chi connectivity index (χ2v) is 8.62. The Labute approximate surface area is 182 Å². The Kier molecular flexibility index (Phi) is 6.05. The first-order valence-corrected chi connectivity index (χ1v) is 10.6. The van der Waals surface area contributed by atoms with Crippen molar-refractivity contribution in [3.63, 3.8) is 0 Å². The highest BCUT2D eigenvalue weighted by molar-refractivity contribution is 5.95. The van der Waals surface area contributed by atoms with Crippen molar-refractivity contribution < 1.29 is 9.53 Å². The Hall–Kier alpha value is -3.18. The summed E-state index contributed by atoms with van der Waals surface area (Å²) in [5.41, 5.74) is 2.93. The molecule has 0 atom stereocenters. The summed E-state index contributed by atoms with van der Waals surface area (Å²) in [4.78, 5) is 27.4. The number of ether oxygens (including phenoxy) is 1. The quantitative estimate of drug-likeness (QED) is 0.497. The van der Waals surface area contributed by atoms with Gasteiger partial charge in [-0.25, -0.2) is 0 Å². The van der Waals surface area contributed by atoms with E-state index in [1.165, 1.54) is 29.0 Å². The third kappa shape index (κ3) is 5.12. The molecule has 0 bridgehead atoms. The molecule has 3 aromatic rings. The second kappa shape index (κ2) is 8.90. The summed E-state index contributed by atoms with van der Waals surface area (Å²) in [6, 6.07) is 20.8. The number of benzene rings is 2. The zero-order chi connectivity index (χ0) is 21.8. The van der Waals surface area contributed by atoms with Crippen molar-refractivity contribution in [2.75, 3.05) is 20.6 Å². The predicted octanol–water partition coefficient (Wildman–Crippen LogP) is 3.90. The molecule has 0 aliphatic heterocycles. The largest absolute Gasteiger partial charge is 0.489 e. The molecular formula is C26H28N2O3. The number of pyridine rings is 1. The normalized spacial score (nSPS) is 14.4. The van der Waals surface area contributed by atoms with E-state index in [-0.39, 0.29) is 23.3 Å². The second-order valence-electron chi connectivity index (χ2n) is 8.62. The molecule has 1 heterocycles. The van der Waals surface area contributed by atoms with Gasteiger partial charge < -0.3 is 14.2 Å². The van der Waals surface area contributed by atoms with E-state index in [9.17, 15) is 9.59 Å². The fraction of sp³-hybridized carbons (Fsp3) is 0.308. The van der Waals surface area contributed by atoms with E-state index in [4.69, 9.17) is 4.74 Å². The number of Topliss-reactive ketones (excluding diaryl/α,β-unsaturated/α-hetero) is 1. The number of hydrogen-bond donors (Lipinski definition) is 0. The number of ketones is 1. The lowest BCUT2D eigenvalue weighted by atomic mass is 9.94. The van der Waals surface area contributed by atoms with Gasteiger partial charge in [0.1, 0.15) is 12.4 Å². The van der Waals surface area contributed by atoms with Crippen molar-refractivity contribution >= 4 is 5.78 Å². The van der Waals surface area contributed by atoms with Crippen LogP contribution in [-0.4, -0.2) is 35.9 Å². The van der Waals surface area contributed by atoms with Crippen molar-refractivity contribution in [1.29, 1.82) is 0 Å². The summed E-state index contributed by atoms with van der Waals surface area (Å²) in [6.07, 6.45) is 3.99. The average Bonchev–Trinajstić information content (AvgIpc) is 3.54. The summed E-state index contributed by atoms with van der Waals surface area (Å²) in [6.45, 7) is 1.43. The lowest BCUT2D eigenvalue weighted by Crippen LogP contribution is -2.26. The highest BCUT2D eigenvalue weighted by Crippen LogP contribution is 2.48. The maximum atomic E-state index is 12.7. The number of carbonyl (C=O) groups is 1. The Morgan fingerprint density at radius 3 is 2.35 bits per heavy atom. The molecule has 1 aliphatic carbocycles. The Balaban J connectivity index is 1.38. The number of likely N-dealkylation sites (N-methyl/N-ethyl adjacent to an activating group) is 1. The first-order valence-electron chi connectivity index (χ1n) is 10.6. The molecule has 1 aromatic heterocycles. The maximum absolute atomic E-state index is 12.7. The molecule has 0 N–H and O–H groups in total. The van der Waals surface area contributed by atoms with E-state index >= 15 is 0 Å². The van der Waals surface area contributed by atoms with Crippen molar-refractivity contribution in [3.05, 3.63) is 100.0 Å². The topological polar surface area (TPSA) is 51.5 Å². The van der Waals surface area contributed by atoms with E-state index in [0.29, 0.717) is 17.9 Å². The van der Waals surface area contributed by atoms with Crippen LogP contribution in [0.25, 0.3) is 0 Å². The molecule has 5 heteroatoms. The lowest BCUT2D eigenvalue weighted by Gasteiger charge is -2.20. The van der Waals surface area contributed by atoms with Crippen LogP contribution in [0.15, 0.2) is 77.7 Å². The zero-order valence-electron chi connectivity index (χ0n) is 18.1. The highest BCUT2D eigenvalue weighted by Gasteiger charge is 2.44. The molecule has 31 heavy (non-hydrogen) atoms. The number of aromatic nitrogens is 1. The smallest absolute Gasteiger partial charge is 0.254 e. The van der Waals surface area contributed by atoms with E-state index in [1.54, 1.807) is 12.3 Å². The van der Waals surface area contributed by atoms with Crippen LogP contribution < -0.4 is 10.3 Å². The summed E-state index contributed by atoms with van der Waals surface area (Å²) < 4.78 is 7.11. The van der Waals surface area contributed by atoms with Crippen LogP contribution in [0.1, 0.15) is 34.3 Å². The van der Waals surface area contributed by atoms with E-state index in [2.05, 4.69) is 31.1 Å². The molecule has 0 amide bonds. The molecule has 0 unspecified atom stereocenters. The fourth-order valence-electron chi connectivity index (χ4n) is 4.00. The average molecular weight is 417 g/mol. The summed E-state index contributed by atoms with van der Waals surface area (Å²) in [5, 5.41) is 0. The Bertz CT molecular complexity index is 1100. The van der Waals surface area contributed by atoms with Gasteiger partial charge in [0.15, 0.2) is 5.78 Å². The van der Waals surface area contributed by atoms with Gasteiger partial charge in [-0.2, -0.15) is 0 Å². The first kappa shape index (κ1) is 21.1. The maximum Gasteiger partial charge on any atom is 0.254 e. The van der Waals surface area contributed by atoms with E-state index < -0.39 is 0 Å². The van der Waals surface area contributed by atoms with Crippen LogP contribution in [0.4, 0.5) is 0 Å². The van der Waals surface area contributed by atoms with Crippen molar-refractivity contribution in [3.8, 4) is 5.75 Å². The van der Waals surface area contributed by atoms with E-state index in [0.717, 1.165) is 12.1 Å². The van der Waals surface area contributed by atoms with Crippen LogP contribution in [0, 0.1) is 0 Å². The highest BCUT2D eigenvalue weighted by atomic mass is 16.5.